The van der Waals surface area contributed by atoms with Crippen LogP contribution in [0.5, 0.6) is 0 Å². The van der Waals surface area contributed by atoms with Crippen molar-refractivity contribution in [1.82, 2.24) is 5.32 Å². The van der Waals surface area contributed by atoms with Crippen molar-refractivity contribution in [2.24, 2.45) is 17.8 Å². The molecule has 0 heterocycles. The minimum Gasteiger partial charge on any atom is -0.481 e. The van der Waals surface area contributed by atoms with Crippen LogP contribution < -0.4 is 5.32 Å². The molecule has 0 aromatic heterocycles. The smallest absolute Gasteiger partial charge is 0.306 e. The van der Waals surface area contributed by atoms with Crippen LogP contribution in [-0.2, 0) is 4.79 Å². The first-order chi connectivity index (χ1) is 8.04. The summed E-state index contributed by atoms with van der Waals surface area (Å²) >= 11 is 0. The molecule has 0 aromatic rings. The first-order valence-corrected chi connectivity index (χ1v) is 7.00. The predicted molar refractivity (Wildman–Crippen MR) is 70.0 cm³/mol. The Morgan fingerprint density at radius 2 is 2.06 bits per heavy atom. The highest BCUT2D eigenvalue weighted by Gasteiger charge is 2.37. The molecule has 0 aliphatic heterocycles. The topological polar surface area (TPSA) is 49.3 Å². The third-order valence-electron chi connectivity index (χ3n) is 3.74. The summed E-state index contributed by atoms with van der Waals surface area (Å²) in [5.74, 6) is 0.380. The van der Waals surface area contributed by atoms with Crippen molar-refractivity contribution in [3.63, 3.8) is 0 Å². The van der Waals surface area contributed by atoms with Crippen LogP contribution in [0.15, 0.2) is 0 Å². The molecule has 1 fully saturated rings. The van der Waals surface area contributed by atoms with Gasteiger partial charge in [-0.25, -0.2) is 0 Å². The number of carbonyl (C=O) groups is 1. The number of hydrogen-bond acceptors (Lipinski definition) is 2. The molecule has 100 valence electrons. The molecule has 1 rings (SSSR count). The van der Waals surface area contributed by atoms with Crippen molar-refractivity contribution in [3.8, 4) is 0 Å². The lowest BCUT2D eigenvalue weighted by Gasteiger charge is -2.39. The van der Waals surface area contributed by atoms with Crippen molar-refractivity contribution < 1.29 is 9.90 Å². The van der Waals surface area contributed by atoms with Gasteiger partial charge in [0.1, 0.15) is 0 Å². The summed E-state index contributed by atoms with van der Waals surface area (Å²) in [6.07, 6.45) is 5.08. The quantitative estimate of drug-likeness (QED) is 0.687. The van der Waals surface area contributed by atoms with Crippen molar-refractivity contribution in [2.75, 3.05) is 6.54 Å². The highest BCUT2D eigenvalue weighted by Crippen LogP contribution is 2.36. The highest BCUT2D eigenvalue weighted by atomic mass is 16.4. The standard InChI is InChI=1S/C14H27NO2/c1-4-5-6-13(14(16)17)11-7-12(8-11)15-9-10(2)3/h10-13,15H,4-9H2,1-3H3,(H,16,17). The molecular weight excluding hydrogens is 214 g/mol. The summed E-state index contributed by atoms with van der Waals surface area (Å²) in [5, 5.41) is 12.7. The van der Waals surface area contributed by atoms with E-state index in [0.717, 1.165) is 38.6 Å². The number of carboxylic acid groups (broad SMARTS) is 1. The van der Waals surface area contributed by atoms with Crippen LogP contribution in [0.2, 0.25) is 0 Å². The third-order valence-corrected chi connectivity index (χ3v) is 3.74. The van der Waals surface area contributed by atoms with Crippen LogP contribution in [0.4, 0.5) is 0 Å². The van der Waals surface area contributed by atoms with Crippen LogP contribution in [0.25, 0.3) is 0 Å². The molecule has 1 aliphatic rings. The van der Waals surface area contributed by atoms with Gasteiger partial charge in [0.05, 0.1) is 5.92 Å². The Morgan fingerprint density at radius 1 is 1.41 bits per heavy atom. The van der Waals surface area contributed by atoms with Gasteiger partial charge in [0.2, 0.25) is 0 Å². The van der Waals surface area contributed by atoms with Crippen LogP contribution >= 0.6 is 0 Å². The second kappa shape index (κ2) is 7.00. The van der Waals surface area contributed by atoms with Gasteiger partial charge in [0.15, 0.2) is 0 Å². The van der Waals surface area contributed by atoms with E-state index in [1.807, 2.05) is 0 Å². The molecule has 3 heteroatoms. The van der Waals surface area contributed by atoms with Crippen molar-refractivity contribution in [1.29, 1.82) is 0 Å². The van der Waals surface area contributed by atoms with Crippen molar-refractivity contribution in [2.45, 2.75) is 58.9 Å². The number of unbranched alkanes of at least 4 members (excludes halogenated alkanes) is 1. The zero-order valence-electron chi connectivity index (χ0n) is 11.4. The van der Waals surface area contributed by atoms with Gasteiger partial charge in [-0.15, -0.1) is 0 Å². The van der Waals surface area contributed by atoms with Gasteiger partial charge in [-0.05, 0) is 37.6 Å². The fourth-order valence-corrected chi connectivity index (χ4v) is 2.54. The van der Waals surface area contributed by atoms with E-state index in [2.05, 4.69) is 26.1 Å². The third kappa shape index (κ3) is 4.66. The van der Waals surface area contributed by atoms with Gasteiger partial charge in [-0.3, -0.25) is 4.79 Å². The molecule has 17 heavy (non-hydrogen) atoms. The minimum absolute atomic E-state index is 0.105. The lowest BCUT2D eigenvalue weighted by atomic mass is 9.70. The Kier molecular flexibility index (Phi) is 5.96. The van der Waals surface area contributed by atoms with Crippen molar-refractivity contribution in [3.05, 3.63) is 0 Å². The number of rotatable bonds is 8. The van der Waals surface area contributed by atoms with Crippen molar-refractivity contribution >= 4 is 5.97 Å². The average Bonchev–Trinajstić information content (AvgIpc) is 2.18. The Hall–Kier alpha value is -0.570. The first kappa shape index (κ1) is 14.5. The predicted octanol–water partition coefficient (Wildman–Crippen LogP) is 2.90. The SMILES string of the molecule is CCCCC(C(=O)O)C1CC(NCC(C)C)C1. The molecule has 1 aliphatic carbocycles. The molecule has 1 saturated carbocycles. The summed E-state index contributed by atoms with van der Waals surface area (Å²) < 4.78 is 0. The molecule has 3 nitrogen and oxygen atoms in total. The number of nitrogens with one attached hydrogen (secondary N) is 1. The Labute approximate surface area is 105 Å². The molecule has 0 saturated heterocycles. The van der Waals surface area contributed by atoms with Gasteiger partial charge >= 0.3 is 5.97 Å². The van der Waals surface area contributed by atoms with Gasteiger partial charge in [0, 0.05) is 6.04 Å². The van der Waals surface area contributed by atoms with Crippen LogP contribution in [0.1, 0.15) is 52.9 Å². The zero-order chi connectivity index (χ0) is 12.8. The van der Waals surface area contributed by atoms with E-state index >= 15 is 0 Å². The van der Waals surface area contributed by atoms with E-state index in [9.17, 15) is 9.90 Å². The molecule has 0 radical (unpaired) electrons. The maximum Gasteiger partial charge on any atom is 0.306 e. The monoisotopic (exact) mass is 241 g/mol. The fourth-order valence-electron chi connectivity index (χ4n) is 2.54. The maximum absolute atomic E-state index is 11.2. The van der Waals surface area contributed by atoms with E-state index in [1.165, 1.54) is 0 Å². The highest BCUT2D eigenvalue weighted by molar-refractivity contribution is 5.70. The average molecular weight is 241 g/mol. The molecule has 1 unspecified atom stereocenters. The second-order valence-electron chi connectivity index (χ2n) is 5.82. The summed E-state index contributed by atoms with van der Waals surface area (Å²) in [6, 6.07) is 0.561. The maximum atomic E-state index is 11.2. The largest absolute Gasteiger partial charge is 0.481 e. The lowest BCUT2D eigenvalue weighted by molar-refractivity contribution is -0.145. The molecule has 0 aromatic carbocycles. The lowest BCUT2D eigenvalue weighted by Crippen LogP contribution is -2.46. The first-order valence-electron chi connectivity index (χ1n) is 7.00. The van der Waals surface area contributed by atoms with E-state index in [1.54, 1.807) is 0 Å². The Morgan fingerprint density at radius 3 is 2.53 bits per heavy atom. The molecule has 0 bridgehead atoms. The van der Waals surface area contributed by atoms with Gasteiger partial charge in [-0.1, -0.05) is 33.6 Å². The summed E-state index contributed by atoms with van der Waals surface area (Å²) in [7, 11) is 0. The minimum atomic E-state index is -0.592. The second-order valence-corrected chi connectivity index (χ2v) is 5.82. The van der Waals surface area contributed by atoms with Gasteiger partial charge in [-0.2, -0.15) is 0 Å². The zero-order valence-corrected chi connectivity index (χ0v) is 11.4. The fraction of sp³-hybridized carbons (Fsp3) is 0.929. The Bertz CT molecular complexity index is 234. The van der Waals surface area contributed by atoms with E-state index < -0.39 is 5.97 Å². The van der Waals surface area contributed by atoms with E-state index in [4.69, 9.17) is 0 Å². The normalized spacial score (nSPS) is 25.6. The number of hydrogen-bond donors (Lipinski definition) is 2. The van der Waals surface area contributed by atoms with Crippen LogP contribution in [0, 0.1) is 17.8 Å². The summed E-state index contributed by atoms with van der Waals surface area (Å²) in [4.78, 5) is 11.2. The molecule has 1 atom stereocenters. The Balaban J connectivity index is 2.25. The van der Waals surface area contributed by atoms with Gasteiger partial charge < -0.3 is 10.4 Å². The molecule has 0 amide bonds. The number of carboxylic acids is 1. The van der Waals surface area contributed by atoms with E-state index in [-0.39, 0.29) is 5.92 Å². The molecule has 2 N–H and O–H groups in total. The summed E-state index contributed by atoms with van der Waals surface area (Å²) in [6.45, 7) is 7.56. The van der Waals surface area contributed by atoms with Crippen LogP contribution in [-0.4, -0.2) is 23.7 Å². The molecular formula is C14H27NO2. The molecule has 0 spiro atoms. The van der Waals surface area contributed by atoms with Crippen LogP contribution in [0.3, 0.4) is 0 Å². The van der Waals surface area contributed by atoms with E-state index in [0.29, 0.717) is 17.9 Å². The number of aliphatic carboxylic acids is 1. The summed E-state index contributed by atoms with van der Waals surface area (Å²) in [5.41, 5.74) is 0. The van der Waals surface area contributed by atoms with Gasteiger partial charge in [0.25, 0.3) is 0 Å².